The number of pyridine rings is 1. The van der Waals surface area contributed by atoms with Crippen molar-refractivity contribution in [2.24, 2.45) is 0 Å². The number of nitrogens with zero attached hydrogens (tertiary/aromatic N) is 4. The third-order valence-electron chi connectivity index (χ3n) is 11.1. The summed E-state index contributed by atoms with van der Waals surface area (Å²) in [7, 11) is 0. The Hall–Kier alpha value is -7.12. The quantitative estimate of drug-likeness (QED) is 0.163. The average molecular weight is 775 g/mol. The summed E-state index contributed by atoms with van der Waals surface area (Å²) in [4.78, 5) is 20.5. The van der Waals surface area contributed by atoms with Gasteiger partial charge in [-0.3, -0.25) is 0 Å². The van der Waals surface area contributed by atoms with Crippen LogP contribution in [0.15, 0.2) is 182 Å². The third-order valence-corrected chi connectivity index (χ3v) is 13.5. The van der Waals surface area contributed by atoms with Gasteiger partial charge in [0.25, 0.3) is 0 Å². The largest absolute Gasteiger partial charge is 0.247 e. The first kappa shape index (κ1) is 33.1. The monoisotopic (exact) mass is 774 g/mol. The van der Waals surface area contributed by atoms with Gasteiger partial charge in [0.05, 0.1) is 11.2 Å². The Morgan fingerprint density at radius 2 is 0.845 bits per heavy atom. The van der Waals surface area contributed by atoms with Crippen LogP contribution in [0.3, 0.4) is 0 Å². The van der Waals surface area contributed by atoms with Crippen LogP contribution in [0.1, 0.15) is 0 Å². The fraction of sp³-hybridized carbons (Fsp3) is 0. The Balaban J connectivity index is 0.966. The molecular weight excluding hydrogens is 745 g/mol. The predicted molar refractivity (Wildman–Crippen MR) is 246 cm³/mol. The molecule has 0 N–H and O–H groups in total. The van der Waals surface area contributed by atoms with E-state index < -0.39 is 0 Å². The molecule has 0 bridgehead atoms. The average Bonchev–Trinajstić information content (AvgIpc) is 3.88. The zero-order valence-corrected chi connectivity index (χ0v) is 32.6. The molecule has 0 spiro atoms. The first-order valence-corrected chi connectivity index (χ1v) is 20.9. The van der Waals surface area contributed by atoms with Gasteiger partial charge in [-0.2, -0.15) is 0 Å². The summed E-state index contributed by atoms with van der Waals surface area (Å²) < 4.78 is 5.13. The van der Waals surface area contributed by atoms with Crippen molar-refractivity contribution in [1.82, 2.24) is 19.9 Å². The van der Waals surface area contributed by atoms with E-state index in [1.165, 1.54) is 62.1 Å². The number of fused-ring (bicyclic) bond motifs is 10. The van der Waals surface area contributed by atoms with Crippen LogP contribution in [-0.4, -0.2) is 19.9 Å². The second kappa shape index (κ2) is 13.2. The molecule has 8 aromatic carbocycles. The first-order valence-electron chi connectivity index (χ1n) is 19.3. The highest BCUT2D eigenvalue weighted by atomic mass is 32.1. The van der Waals surface area contributed by atoms with Crippen LogP contribution in [-0.2, 0) is 0 Å². The molecule has 0 fully saturated rings. The van der Waals surface area contributed by atoms with Crippen molar-refractivity contribution in [2.75, 3.05) is 0 Å². The topological polar surface area (TPSA) is 51.6 Å². The molecule has 0 amide bonds. The Labute approximate surface area is 341 Å². The van der Waals surface area contributed by atoms with E-state index in [0.717, 1.165) is 39.0 Å². The minimum atomic E-state index is 0.624. The molecule has 0 atom stereocenters. The maximum atomic E-state index is 5.38. The maximum Gasteiger partial charge on any atom is 0.164 e. The van der Waals surface area contributed by atoms with E-state index in [1.54, 1.807) is 0 Å². The first-order chi connectivity index (χ1) is 28.7. The van der Waals surface area contributed by atoms with Crippen LogP contribution >= 0.6 is 22.7 Å². The summed E-state index contributed by atoms with van der Waals surface area (Å²) >= 11 is 3.70. The van der Waals surface area contributed by atoms with Crippen LogP contribution in [0.25, 0.3) is 119 Å². The fourth-order valence-electron chi connectivity index (χ4n) is 8.33. The molecule has 4 heterocycles. The smallest absolute Gasteiger partial charge is 0.164 e. The van der Waals surface area contributed by atoms with Gasteiger partial charge in [-0.05, 0) is 40.1 Å². The second-order valence-corrected chi connectivity index (χ2v) is 16.7. The van der Waals surface area contributed by atoms with Gasteiger partial charge in [0.15, 0.2) is 17.5 Å². The molecule has 12 aromatic rings. The molecule has 270 valence electrons. The van der Waals surface area contributed by atoms with Crippen LogP contribution in [0, 0.1) is 0 Å². The molecule has 58 heavy (non-hydrogen) atoms. The van der Waals surface area contributed by atoms with Crippen molar-refractivity contribution in [3.63, 3.8) is 0 Å². The Kier molecular flexibility index (Phi) is 7.55. The molecule has 0 aliphatic heterocycles. The Morgan fingerprint density at radius 3 is 1.57 bits per heavy atom. The number of aromatic nitrogens is 4. The minimum absolute atomic E-state index is 0.624. The zero-order chi connectivity index (χ0) is 38.2. The van der Waals surface area contributed by atoms with Crippen LogP contribution in [0.2, 0.25) is 0 Å². The molecule has 4 aromatic heterocycles. The van der Waals surface area contributed by atoms with Gasteiger partial charge >= 0.3 is 0 Å². The zero-order valence-electron chi connectivity index (χ0n) is 30.9. The van der Waals surface area contributed by atoms with E-state index in [-0.39, 0.29) is 0 Å². The molecule has 0 radical (unpaired) electrons. The van der Waals surface area contributed by atoms with Crippen LogP contribution < -0.4 is 0 Å². The van der Waals surface area contributed by atoms with Crippen molar-refractivity contribution in [3.8, 4) is 56.5 Å². The fourth-order valence-corrected chi connectivity index (χ4v) is 10.8. The highest BCUT2D eigenvalue weighted by Gasteiger charge is 2.19. The maximum absolute atomic E-state index is 5.38. The van der Waals surface area contributed by atoms with E-state index in [2.05, 4.69) is 152 Å². The van der Waals surface area contributed by atoms with Crippen molar-refractivity contribution in [1.29, 1.82) is 0 Å². The highest BCUT2D eigenvalue weighted by Crippen LogP contribution is 2.45. The van der Waals surface area contributed by atoms with Crippen molar-refractivity contribution in [2.45, 2.75) is 0 Å². The summed E-state index contributed by atoms with van der Waals surface area (Å²) in [5.74, 6) is 1.90. The molecule has 0 unspecified atom stereocenters. The van der Waals surface area contributed by atoms with E-state index in [0.29, 0.717) is 17.5 Å². The highest BCUT2D eigenvalue weighted by molar-refractivity contribution is 7.27. The lowest BCUT2D eigenvalue weighted by Crippen LogP contribution is -2.00. The van der Waals surface area contributed by atoms with E-state index in [1.807, 2.05) is 53.0 Å². The predicted octanol–water partition coefficient (Wildman–Crippen LogP) is 14.6. The molecule has 12 rings (SSSR count). The van der Waals surface area contributed by atoms with E-state index >= 15 is 0 Å². The van der Waals surface area contributed by atoms with Gasteiger partial charge in [-0.15, -0.1) is 22.7 Å². The number of rotatable bonds is 5. The molecule has 0 saturated carbocycles. The summed E-state index contributed by atoms with van der Waals surface area (Å²) in [6, 6.07) is 64.2. The van der Waals surface area contributed by atoms with Gasteiger partial charge < -0.3 is 0 Å². The summed E-state index contributed by atoms with van der Waals surface area (Å²) in [6.45, 7) is 0. The molecule has 6 heteroatoms. The lowest BCUT2D eigenvalue weighted by atomic mass is 9.99. The van der Waals surface area contributed by atoms with Gasteiger partial charge in [0.2, 0.25) is 0 Å². The van der Waals surface area contributed by atoms with Crippen molar-refractivity contribution in [3.05, 3.63) is 182 Å². The lowest BCUT2D eigenvalue weighted by molar-refractivity contribution is 1.07. The van der Waals surface area contributed by atoms with E-state index in [4.69, 9.17) is 19.9 Å². The van der Waals surface area contributed by atoms with Gasteiger partial charge in [0.1, 0.15) is 0 Å². The van der Waals surface area contributed by atoms with Crippen molar-refractivity contribution < 1.29 is 0 Å². The van der Waals surface area contributed by atoms with Gasteiger partial charge in [-0.1, -0.05) is 164 Å². The molecular formula is C52H30N4S2. The second-order valence-electron chi connectivity index (χ2n) is 14.6. The summed E-state index contributed by atoms with van der Waals surface area (Å²) in [5.41, 5.74) is 8.21. The number of benzene rings is 8. The standard InChI is InChI=1S/C52H30N4S2/c1-2-12-34(13-3-1)50-54-51(35-25-21-32(22-26-35)38-17-10-18-40-39-15-6-8-19-43(39)57-48(38)40)56-52(55-50)36-27-23-33(24-28-36)47-46-41-16-7-9-20-44(41)58-49(46)45-37-14-5-4-11-31(37)29-30-42(45)53-47/h1-30H. The van der Waals surface area contributed by atoms with Crippen molar-refractivity contribution >= 4 is 84.7 Å². The normalized spacial score (nSPS) is 11.8. The third kappa shape index (κ3) is 5.34. The lowest BCUT2D eigenvalue weighted by Gasteiger charge is -2.11. The molecule has 0 aliphatic carbocycles. The Morgan fingerprint density at radius 1 is 0.310 bits per heavy atom. The minimum Gasteiger partial charge on any atom is -0.247 e. The van der Waals surface area contributed by atoms with Gasteiger partial charge in [-0.25, -0.2) is 19.9 Å². The molecule has 0 aliphatic rings. The summed E-state index contributed by atoms with van der Waals surface area (Å²) in [6.07, 6.45) is 0. The number of thiophene rings is 2. The summed E-state index contributed by atoms with van der Waals surface area (Å²) in [5, 5.41) is 8.68. The van der Waals surface area contributed by atoms with Gasteiger partial charge in [0, 0.05) is 68.0 Å². The molecule has 4 nitrogen and oxygen atoms in total. The number of hydrogen-bond acceptors (Lipinski definition) is 6. The SMILES string of the molecule is c1ccc(-c2nc(-c3ccc(-c4cccc5c4sc4ccccc45)cc3)nc(-c3ccc(-c4nc5ccc6ccccc6c5c5sc6ccccc6c45)cc3)n2)cc1. The van der Waals surface area contributed by atoms with E-state index in [9.17, 15) is 0 Å². The number of hydrogen-bond donors (Lipinski definition) is 0. The molecule has 0 saturated heterocycles. The van der Waals surface area contributed by atoms with Crippen LogP contribution in [0.5, 0.6) is 0 Å². The Bertz CT molecular complexity index is 3550. The van der Waals surface area contributed by atoms with Crippen LogP contribution in [0.4, 0.5) is 0 Å².